The highest BCUT2D eigenvalue weighted by atomic mass is 16.6. The van der Waals surface area contributed by atoms with E-state index in [9.17, 15) is 14.4 Å². The van der Waals surface area contributed by atoms with Crippen molar-refractivity contribution in [1.82, 2.24) is 9.80 Å². The highest BCUT2D eigenvalue weighted by molar-refractivity contribution is 6.01. The Labute approximate surface area is 172 Å². The molecule has 3 amide bonds. The molecule has 2 atom stereocenters. The number of amides is 3. The van der Waals surface area contributed by atoms with E-state index >= 15 is 0 Å². The van der Waals surface area contributed by atoms with E-state index < -0.39 is 17.8 Å². The normalized spacial score (nSPS) is 19.4. The predicted molar refractivity (Wildman–Crippen MR) is 110 cm³/mol. The van der Waals surface area contributed by atoms with Crippen molar-refractivity contribution in [3.05, 3.63) is 23.8 Å². The third-order valence-corrected chi connectivity index (χ3v) is 4.53. The summed E-state index contributed by atoms with van der Waals surface area (Å²) >= 11 is 0. The van der Waals surface area contributed by atoms with E-state index in [2.05, 4.69) is 5.32 Å². The number of hydrogen-bond acceptors (Lipinski definition) is 5. The van der Waals surface area contributed by atoms with Gasteiger partial charge in [-0.25, -0.2) is 4.79 Å². The van der Waals surface area contributed by atoms with Gasteiger partial charge in [-0.3, -0.25) is 9.59 Å². The third-order valence-electron chi connectivity index (χ3n) is 4.53. The number of benzene rings is 1. The van der Waals surface area contributed by atoms with Gasteiger partial charge in [-0.2, -0.15) is 0 Å². The molecular formula is C21H31N3O5. The molecule has 0 saturated heterocycles. The zero-order valence-corrected chi connectivity index (χ0v) is 18.2. The number of likely N-dealkylation sites (N-methyl/N-ethyl adjacent to an activating group) is 1. The van der Waals surface area contributed by atoms with Crippen molar-refractivity contribution >= 4 is 23.6 Å². The number of nitrogens with zero attached hydrogens (tertiary/aromatic N) is 2. The minimum absolute atomic E-state index is 0.0626. The molecule has 1 N–H and O–H groups in total. The fourth-order valence-electron chi connectivity index (χ4n) is 3.13. The van der Waals surface area contributed by atoms with Crippen molar-refractivity contribution in [1.29, 1.82) is 0 Å². The van der Waals surface area contributed by atoms with Gasteiger partial charge in [-0.05, 0) is 32.9 Å². The van der Waals surface area contributed by atoms with E-state index in [4.69, 9.17) is 9.47 Å². The molecule has 0 aliphatic carbocycles. The quantitative estimate of drug-likeness (QED) is 0.835. The smallest absolute Gasteiger partial charge is 0.410 e. The van der Waals surface area contributed by atoms with Crippen LogP contribution in [0.2, 0.25) is 0 Å². The van der Waals surface area contributed by atoms with Crippen LogP contribution in [0.4, 0.5) is 10.5 Å². The lowest BCUT2D eigenvalue weighted by Gasteiger charge is -2.35. The molecule has 1 aliphatic rings. The fourth-order valence-corrected chi connectivity index (χ4v) is 3.13. The number of anilines is 1. The van der Waals surface area contributed by atoms with Crippen LogP contribution in [0.5, 0.6) is 5.75 Å². The molecule has 0 bridgehead atoms. The first-order chi connectivity index (χ1) is 13.4. The van der Waals surface area contributed by atoms with Gasteiger partial charge in [0.15, 0.2) is 5.75 Å². The summed E-state index contributed by atoms with van der Waals surface area (Å²) in [5.74, 6) is -0.195. The number of carbonyl (C=O) groups excluding carboxylic acids is 3. The zero-order chi connectivity index (χ0) is 21.9. The fraction of sp³-hybridized carbons (Fsp3) is 0.571. The zero-order valence-electron chi connectivity index (χ0n) is 18.2. The number of nitrogens with one attached hydrogen (secondary N) is 1. The SMILES string of the molecule is CC(=O)Nc1cccc2c1O[C@@H](CN(C)C(=O)OC(C)(C)C)[C@@H](C)CN(C)C2=O. The lowest BCUT2D eigenvalue weighted by molar-refractivity contribution is -0.114. The van der Waals surface area contributed by atoms with E-state index in [1.807, 2.05) is 27.7 Å². The van der Waals surface area contributed by atoms with E-state index in [1.165, 1.54) is 11.8 Å². The van der Waals surface area contributed by atoms with Crippen molar-refractivity contribution in [3.8, 4) is 5.75 Å². The Kier molecular flexibility index (Phi) is 6.77. The minimum atomic E-state index is -0.601. The van der Waals surface area contributed by atoms with Gasteiger partial charge in [-0.15, -0.1) is 0 Å². The average Bonchev–Trinajstić information content (AvgIpc) is 2.58. The lowest BCUT2D eigenvalue weighted by atomic mass is 10.0. The molecule has 1 aliphatic heterocycles. The number of rotatable bonds is 3. The summed E-state index contributed by atoms with van der Waals surface area (Å²) in [5, 5.41) is 2.72. The number of ether oxygens (including phenoxy) is 2. The van der Waals surface area contributed by atoms with Crippen molar-refractivity contribution in [2.75, 3.05) is 32.5 Å². The average molecular weight is 405 g/mol. The molecule has 0 unspecified atom stereocenters. The second kappa shape index (κ2) is 8.71. The molecule has 1 aromatic carbocycles. The summed E-state index contributed by atoms with van der Waals surface area (Å²) in [6.07, 6.45) is -0.855. The van der Waals surface area contributed by atoms with E-state index in [-0.39, 0.29) is 24.3 Å². The van der Waals surface area contributed by atoms with Gasteiger partial charge in [0.25, 0.3) is 5.91 Å². The molecule has 160 valence electrons. The first kappa shape index (κ1) is 22.5. The molecule has 0 aromatic heterocycles. The van der Waals surface area contributed by atoms with Crippen LogP contribution < -0.4 is 10.1 Å². The first-order valence-corrected chi connectivity index (χ1v) is 9.66. The van der Waals surface area contributed by atoms with E-state index in [0.717, 1.165) is 0 Å². The van der Waals surface area contributed by atoms with Crippen molar-refractivity contribution < 1.29 is 23.9 Å². The molecule has 1 heterocycles. The number of hydrogen-bond donors (Lipinski definition) is 1. The van der Waals surface area contributed by atoms with Crippen molar-refractivity contribution in [3.63, 3.8) is 0 Å². The standard InChI is InChI=1S/C21H31N3O5/c1-13-11-23(6)19(26)15-9-8-10-16(22-14(2)25)18(15)28-17(13)12-24(7)20(27)29-21(3,4)5/h8-10,13,17H,11-12H2,1-7H3,(H,22,25)/t13-,17-/m0/s1. The highest BCUT2D eigenvalue weighted by Crippen LogP contribution is 2.34. The van der Waals surface area contributed by atoms with Crippen LogP contribution in [-0.2, 0) is 9.53 Å². The van der Waals surface area contributed by atoms with Crippen LogP contribution in [0.15, 0.2) is 18.2 Å². The molecular weight excluding hydrogens is 374 g/mol. The molecule has 1 aromatic rings. The van der Waals surface area contributed by atoms with Crippen LogP contribution in [-0.4, -0.2) is 66.6 Å². The highest BCUT2D eigenvalue weighted by Gasteiger charge is 2.32. The van der Waals surface area contributed by atoms with Gasteiger partial charge in [0.05, 0.1) is 17.8 Å². The van der Waals surface area contributed by atoms with Gasteiger partial charge in [-0.1, -0.05) is 13.0 Å². The Morgan fingerprint density at radius 1 is 1.34 bits per heavy atom. The van der Waals surface area contributed by atoms with Gasteiger partial charge in [0.2, 0.25) is 5.91 Å². The molecule has 0 radical (unpaired) electrons. The second-order valence-electron chi connectivity index (χ2n) is 8.54. The monoisotopic (exact) mass is 405 g/mol. The molecule has 0 saturated carbocycles. The Morgan fingerprint density at radius 3 is 2.59 bits per heavy atom. The summed E-state index contributed by atoms with van der Waals surface area (Å²) in [7, 11) is 3.38. The maximum Gasteiger partial charge on any atom is 0.410 e. The second-order valence-corrected chi connectivity index (χ2v) is 8.54. The first-order valence-electron chi connectivity index (χ1n) is 9.66. The Balaban J connectivity index is 2.35. The topological polar surface area (TPSA) is 88.2 Å². The summed E-state index contributed by atoms with van der Waals surface area (Å²) in [4.78, 5) is 39.9. The molecule has 8 heteroatoms. The van der Waals surface area contributed by atoms with Crippen LogP contribution in [0.1, 0.15) is 45.0 Å². The van der Waals surface area contributed by atoms with Gasteiger partial charge >= 0.3 is 6.09 Å². The Bertz CT molecular complexity index is 787. The van der Waals surface area contributed by atoms with E-state index in [0.29, 0.717) is 23.5 Å². The number of fused-ring (bicyclic) bond motifs is 1. The molecule has 8 nitrogen and oxygen atoms in total. The van der Waals surface area contributed by atoms with Crippen LogP contribution in [0.25, 0.3) is 0 Å². The maximum atomic E-state index is 12.8. The predicted octanol–water partition coefficient (Wildman–Crippen LogP) is 2.98. The largest absolute Gasteiger partial charge is 0.485 e. The molecule has 29 heavy (non-hydrogen) atoms. The van der Waals surface area contributed by atoms with E-state index in [1.54, 1.807) is 37.2 Å². The third kappa shape index (κ3) is 5.85. The maximum absolute atomic E-state index is 12.8. The summed E-state index contributed by atoms with van der Waals surface area (Å²) in [6, 6.07) is 5.06. The van der Waals surface area contributed by atoms with Crippen LogP contribution in [0, 0.1) is 5.92 Å². The summed E-state index contributed by atoms with van der Waals surface area (Å²) in [6.45, 7) is 9.52. The van der Waals surface area contributed by atoms with Crippen molar-refractivity contribution in [2.24, 2.45) is 5.92 Å². The van der Waals surface area contributed by atoms with Gasteiger partial charge in [0.1, 0.15) is 11.7 Å². The Morgan fingerprint density at radius 2 is 2.00 bits per heavy atom. The number of para-hydroxylation sites is 1. The lowest BCUT2D eigenvalue weighted by Crippen LogP contribution is -2.47. The minimum Gasteiger partial charge on any atom is -0.485 e. The Hall–Kier alpha value is -2.77. The van der Waals surface area contributed by atoms with Crippen LogP contribution in [0.3, 0.4) is 0 Å². The van der Waals surface area contributed by atoms with Gasteiger partial charge in [0, 0.05) is 33.5 Å². The van der Waals surface area contributed by atoms with Crippen LogP contribution >= 0.6 is 0 Å². The summed E-state index contributed by atoms with van der Waals surface area (Å²) in [5.41, 5.74) is 0.197. The number of carbonyl (C=O) groups is 3. The molecule has 0 fully saturated rings. The molecule has 0 spiro atoms. The summed E-state index contributed by atoms with van der Waals surface area (Å²) < 4.78 is 11.7. The van der Waals surface area contributed by atoms with Crippen molar-refractivity contribution in [2.45, 2.75) is 46.3 Å². The van der Waals surface area contributed by atoms with Gasteiger partial charge < -0.3 is 24.6 Å². The molecule has 2 rings (SSSR count).